The van der Waals surface area contributed by atoms with Crippen LogP contribution in [0.1, 0.15) is 112 Å². The first-order chi connectivity index (χ1) is 15.4. The molecule has 0 aromatic carbocycles. The molecule has 5 aliphatic rings. The number of aliphatic hydroxyl groups excluding tert-OH is 1. The summed E-state index contributed by atoms with van der Waals surface area (Å²) in [5.74, 6) is 3.27. The number of carbonyl (C=O) groups excluding carboxylic acids is 1. The van der Waals surface area contributed by atoms with Crippen molar-refractivity contribution in [3.05, 3.63) is 0 Å². The highest BCUT2D eigenvalue weighted by Crippen LogP contribution is 2.76. The molecule has 5 saturated carbocycles. The second-order valence-electron chi connectivity index (χ2n) is 14.7. The summed E-state index contributed by atoms with van der Waals surface area (Å²) in [5, 5.41) is 10.9. The SMILES string of the molecule is COC(=O)[C@]12CC[C@H](C)C[C@H]1C1CCC3[C@@]4(C)CC[C@H](O)C(C)(C)C4CC[C@@]3(C)[C@@]1(C)CC2. The lowest BCUT2D eigenvalue weighted by molar-refractivity contribution is -0.253. The number of rotatable bonds is 1. The van der Waals surface area contributed by atoms with E-state index in [1.807, 2.05) is 0 Å². The molecule has 5 aliphatic carbocycles. The van der Waals surface area contributed by atoms with Crippen molar-refractivity contribution >= 4 is 5.97 Å². The van der Waals surface area contributed by atoms with Gasteiger partial charge in [-0.15, -0.1) is 0 Å². The Morgan fingerprint density at radius 3 is 2.21 bits per heavy atom. The number of fused-ring (bicyclic) bond motifs is 7. The largest absolute Gasteiger partial charge is 0.469 e. The first kappa shape index (κ1) is 24.1. The number of ether oxygens (including phenoxy) is 1. The molecule has 0 saturated heterocycles. The number of hydrogen-bond acceptors (Lipinski definition) is 3. The molecule has 0 aromatic heterocycles. The standard InChI is InChI=1S/C30H50O3/c1-19-10-15-30(25(32)33-7)17-16-28(5)20(21(30)18-19)8-9-23-27(4)13-12-24(31)26(2,3)22(27)11-14-29(23,28)6/h19-24,31H,8-18H2,1-7H3/t19-,20?,21-,22?,23?,24-,27-,28-,29+,30-/m0/s1. The van der Waals surface area contributed by atoms with Crippen molar-refractivity contribution in [2.45, 2.75) is 118 Å². The number of aliphatic hydroxyl groups is 1. The first-order valence-electron chi connectivity index (χ1n) is 14.1. The zero-order chi connectivity index (χ0) is 24.0. The van der Waals surface area contributed by atoms with Gasteiger partial charge < -0.3 is 9.84 Å². The van der Waals surface area contributed by atoms with Crippen LogP contribution in [0.25, 0.3) is 0 Å². The number of hydrogen-bond donors (Lipinski definition) is 1. The summed E-state index contributed by atoms with van der Waals surface area (Å²) in [6.07, 6.45) is 12.7. The quantitative estimate of drug-likeness (QED) is 0.430. The van der Waals surface area contributed by atoms with E-state index in [0.717, 1.165) is 31.1 Å². The van der Waals surface area contributed by atoms with Gasteiger partial charge in [0.15, 0.2) is 0 Å². The van der Waals surface area contributed by atoms with Crippen molar-refractivity contribution in [3.8, 4) is 0 Å². The van der Waals surface area contributed by atoms with Crippen molar-refractivity contribution in [1.82, 2.24) is 0 Å². The van der Waals surface area contributed by atoms with Crippen LogP contribution in [-0.2, 0) is 9.53 Å². The average molecular weight is 459 g/mol. The average Bonchev–Trinajstić information content (AvgIpc) is 2.76. The minimum atomic E-state index is -0.229. The summed E-state index contributed by atoms with van der Waals surface area (Å²) in [6, 6.07) is 0. The topological polar surface area (TPSA) is 46.5 Å². The van der Waals surface area contributed by atoms with E-state index in [0.29, 0.717) is 34.0 Å². The van der Waals surface area contributed by atoms with Crippen molar-refractivity contribution in [1.29, 1.82) is 0 Å². The lowest BCUT2D eigenvalue weighted by atomic mass is 9.31. The van der Waals surface area contributed by atoms with Gasteiger partial charge in [0.1, 0.15) is 0 Å². The van der Waals surface area contributed by atoms with Crippen molar-refractivity contribution in [2.24, 2.45) is 56.7 Å². The van der Waals surface area contributed by atoms with Crippen LogP contribution in [0.3, 0.4) is 0 Å². The molecule has 0 amide bonds. The summed E-state index contributed by atoms with van der Waals surface area (Å²) in [7, 11) is 1.61. The second-order valence-corrected chi connectivity index (χ2v) is 14.7. The van der Waals surface area contributed by atoms with E-state index < -0.39 is 0 Å². The Hall–Kier alpha value is -0.570. The highest BCUT2D eigenvalue weighted by atomic mass is 16.5. The summed E-state index contributed by atoms with van der Waals surface area (Å²) in [4.78, 5) is 13.3. The van der Waals surface area contributed by atoms with Gasteiger partial charge in [-0.25, -0.2) is 0 Å². The normalized spacial score (nSPS) is 55.4. The predicted molar refractivity (Wildman–Crippen MR) is 132 cm³/mol. The number of methoxy groups -OCH3 is 1. The zero-order valence-corrected chi connectivity index (χ0v) is 22.5. The van der Waals surface area contributed by atoms with Gasteiger partial charge in [-0.3, -0.25) is 4.79 Å². The Labute approximate surface area is 202 Å². The molecule has 1 N–H and O–H groups in total. The lowest BCUT2D eigenvalue weighted by Gasteiger charge is -2.73. The maximum atomic E-state index is 13.3. The summed E-state index contributed by atoms with van der Waals surface area (Å²) < 4.78 is 5.49. The van der Waals surface area contributed by atoms with Crippen molar-refractivity contribution in [3.63, 3.8) is 0 Å². The number of esters is 1. The molecule has 0 radical (unpaired) electrons. The van der Waals surface area contributed by atoms with Crippen LogP contribution >= 0.6 is 0 Å². The summed E-state index contributed by atoms with van der Waals surface area (Å²) in [6.45, 7) is 15.0. The fraction of sp³-hybridized carbons (Fsp3) is 0.967. The fourth-order valence-corrected chi connectivity index (χ4v) is 11.4. The van der Waals surface area contributed by atoms with Gasteiger partial charge >= 0.3 is 5.97 Å². The molecular formula is C30H50O3. The monoisotopic (exact) mass is 458 g/mol. The van der Waals surface area contributed by atoms with Crippen molar-refractivity contribution in [2.75, 3.05) is 7.11 Å². The minimum absolute atomic E-state index is 0.0114. The molecule has 5 fully saturated rings. The van der Waals surface area contributed by atoms with Gasteiger partial charge in [0.2, 0.25) is 0 Å². The van der Waals surface area contributed by atoms with E-state index in [-0.39, 0.29) is 22.9 Å². The van der Waals surface area contributed by atoms with Crippen molar-refractivity contribution < 1.29 is 14.6 Å². The van der Waals surface area contributed by atoms with Gasteiger partial charge in [-0.05, 0) is 122 Å². The van der Waals surface area contributed by atoms with E-state index in [1.165, 1.54) is 51.4 Å². The van der Waals surface area contributed by atoms with Crippen LogP contribution < -0.4 is 0 Å². The first-order valence-corrected chi connectivity index (χ1v) is 14.1. The molecule has 188 valence electrons. The van der Waals surface area contributed by atoms with Gasteiger partial charge in [-0.2, -0.15) is 0 Å². The van der Waals surface area contributed by atoms with E-state index in [4.69, 9.17) is 4.74 Å². The van der Waals surface area contributed by atoms with E-state index in [2.05, 4.69) is 41.5 Å². The van der Waals surface area contributed by atoms with Crippen LogP contribution in [-0.4, -0.2) is 24.3 Å². The summed E-state index contributed by atoms with van der Waals surface area (Å²) >= 11 is 0. The van der Waals surface area contributed by atoms with Gasteiger partial charge in [0.05, 0.1) is 18.6 Å². The molecule has 0 bridgehead atoms. The molecule has 0 heterocycles. The molecule has 33 heavy (non-hydrogen) atoms. The highest BCUT2D eigenvalue weighted by Gasteiger charge is 2.70. The zero-order valence-electron chi connectivity index (χ0n) is 22.5. The molecule has 3 nitrogen and oxygen atoms in total. The third-order valence-electron chi connectivity index (χ3n) is 13.5. The van der Waals surface area contributed by atoms with Crippen LogP contribution in [0.15, 0.2) is 0 Å². The molecule has 0 aliphatic heterocycles. The van der Waals surface area contributed by atoms with E-state index >= 15 is 0 Å². The van der Waals surface area contributed by atoms with Gasteiger partial charge in [0.25, 0.3) is 0 Å². The van der Waals surface area contributed by atoms with E-state index in [1.54, 1.807) is 7.11 Å². The maximum absolute atomic E-state index is 13.3. The summed E-state index contributed by atoms with van der Waals surface area (Å²) in [5.41, 5.74) is 0.719. The van der Waals surface area contributed by atoms with Crippen LogP contribution in [0.5, 0.6) is 0 Å². The second kappa shape index (κ2) is 7.47. The smallest absolute Gasteiger partial charge is 0.312 e. The lowest BCUT2D eigenvalue weighted by Crippen LogP contribution is -2.67. The third-order valence-corrected chi connectivity index (χ3v) is 13.5. The third kappa shape index (κ3) is 2.93. The highest BCUT2D eigenvalue weighted by molar-refractivity contribution is 5.77. The Bertz CT molecular complexity index is 804. The van der Waals surface area contributed by atoms with Crippen LogP contribution in [0.2, 0.25) is 0 Å². The Balaban J connectivity index is 1.53. The van der Waals surface area contributed by atoms with Crippen LogP contribution in [0.4, 0.5) is 0 Å². The Kier molecular flexibility index (Phi) is 5.46. The maximum Gasteiger partial charge on any atom is 0.312 e. The molecule has 0 aromatic rings. The molecule has 10 atom stereocenters. The molecule has 3 heteroatoms. The minimum Gasteiger partial charge on any atom is -0.469 e. The Morgan fingerprint density at radius 2 is 1.52 bits per heavy atom. The van der Waals surface area contributed by atoms with E-state index in [9.17, 15) is 9.90 Å². The number of carbonyl (C=O) groups is 1. The van der Waals surface area contributed by atoms with Gasteiger partial charge in [0, 0.05) is 0 Å². The molecule has 3 unspecified atom stereocenters. The molecule has 0 spiro atoms. The van der Waals surface area contributed by atoms with Crippen LogP contribution in [0, 0.1) is 56.7 Å². The Morgan fingerprint density at radius 1 is 0.788 bits per heavy atom. The predicted octanol–water partition coefficient (Wildman–Crippen LogP) is 7.01. The molecular weight excluding hydrogens is 408 g/mol. The van der Waals surface area contributed by atoms with Gasteiger partial charge in [-0.1, -0.05) is 41.5 Å². The molecule has 5 rings (SSSR count). The fourth-order valence-electron chi connectivity index (χ4n) is 11.4.